The summed E-state index contributed by atoms with van der Waals surface area (Å²) in [6, 6.07) is 21.6. The minimum absolute atomic E-state index is 0.0869. The van der Waals surface area contributed by atoms with E-state index in [0.717, 1.165) is 11.1 Å². The molecule has 0 aromatic heterocycles. The average molecular weight is 528 g/mol. The van der Waals surface area contributed by atoms with E-state index in [2.05, 4.69) is 10.6 Å². The lowest BCUT2D eigenvalue weighted by Gasteiger charge is -2.39. The zero-order valence-corrected chi connectivity index (χ0v) is 22.1. The number of carboxylic acids is 1. The van der Waals surface area contributed by atoms with Gasteiger partial charge in [-0.3, -0.25) is 19.3 Å². The predicted molar refractivity (Wildman–Crippen MR) is 150 cm³/mol. The van der Waals surface area contributed by atoms with Gasteiger partial charge in [-0.1, -0.05) is 80.9 Å². The minimum Gasteiger partial charge on any atom is -0.480 e. The quantitative estimate of drug-likeness (QED) is 0.360. The van der Waals surface area contributed by atoms with Gasteiger partial charge in [0.05, 0.1) is 11.4 Å². The summed E-state index contributed by atoms with van der Waals surface area (Å²) < 4.78 is 0. The number of carbonyl (C=O) groups excluding carboxylic acids is 3. The summed E-state index contributed by atoms with van der Waals surface area (Å²) in [5.41, 5.74) is 2.86. The summed E-state index contributed by atoms with van der Waals surface area (Å²) in [5.74, 6) is -2.30. The fraction of sp³-hybridized carbons (Fsp3) is 0.290. The zero-order valence-electron chi connectivity index (χ0n) is 22.1. The first-order valence-corrected chi connectivity index (χ1v) is 13.2. The largest absolute Gasteiger partial charge is 0.480 e. The molecular formula is C31H33N3O5. The number of amides is 3. The second kappa shape index (κ2) is 12.4. The molecule has 39 heavy (non-hydrogen) atoms. The molecule has 8 nitrogen and oxygen atoms in total. The van der Waals surface area contributed by atoms with Gasteiger partial charge in [0, 0.05) is 18.4 Å². The van der Waals surface area contributed by atoms with Gasteiger partial charge >= 0.3 is 5.97 Å². The molecule has 0 bridgehead atoms. The molecular weight excluding hydrogens is 494 g/mol. The SMILES string of the molecule is CCC(C)C1C(=O)Nc2cc(C(=O)NC(Cc3ccccc3)C(=O)O)ccc2N1C(=O)CCc1ccccc1. The van der Waals surface area contributed by atoms with Gasteiger partial charge in [-0.15, -0.1) is 0 Å². The summed E-state index contributed by atoms with van der Waals surface area (Å²) in [4.78, 5) is 53.2. The maximum atomic E-state index is 13.5. The zero-order chi connectivity index (χ0) is 27.9. The molecule has 0 fully saturated rings. The number of anilines is 2. The van der Waals surface area contributed by atoms with Crippen LogP contribution in [0, 0.1) is 5.92 Å². The lowest BCUT2D eigenvalue weighted by molar-refractivity contribution is -0.139. The molecule has 0 saturated heterocycles. The molecule has 3 aromatic carbocycles. The number of rotatable bonds is 10. The van der Waals surface area contributed by atoms with Crippen molar-refractivity contribution in [2.75, 3.05) is 10.2 Å². The fourth-order valence-corrected chi connectivity index (χ4v) is 4.79. The van der Waals surface area contributed by atoms with E-state index >= 15 is 0 Å². The Balaban J connectivity index is 1.58. The third-order valence-corrected chi connectivity index (χ3v) is 7.13. The Hall–Kier alpha value is -4.46. The van der Waals surface area contributed by atoms with Crippen molar-refractivity contribution in [3.05, 3.63) is 95.6 Å². The van der Waals surface area contributed by atoms with E-state index in [4.69, 9.17) is 0 Å². The van der Waals surface area contributed by atoms with Crippen molar-refractivity contribution in [1.29, 1.82) is 0 Å². The number of hydrogen-bond acceptors (Lipinski definition) is 4. The van der Waals surface area contributed by atoms with Gasteiger partial charge in [0.15, 0.2) is 0 Å². The number of benzene rings is 3. The Kier molecular flexibility index (Phi) is 8.76. The van der Waals surface area contributed by atoms with Crippen LogP contribution in [0.15, 0.2) is 78.9 Å². The summed E-state index contributed by atoms with van der Waals surface area (Å²) in [6.07, 6.45) is 1.60. The molecule has 1 aliphatic heterocycles. The van der Waals surface area contributed by atoms with Crippen molar-refractivity contribution < 1.29 is 24.3 Å². The highest BCUT2D eigenvalue weighted by molar-refractivity contribution is 6.13. The molecule has 202 valence electrons. The van der Waals surface area contributed by atoms with Gasteiger partial charge in [-0.2, -0.15) is 0 Å². The molecule has 1 heterocycles. The number of hydrogen-bond donors (Lipinski definition) is 3. The number of carbonyl (C=O) groups is 4. The van der Waals surface area contributed by atoms with Gasteiger partial charge in [-0.05, 0) is 41.7 Å². The monoisotopic (exact) mass is 527 g/mol. The van der Waals surface area contributed by atoms with Crippen molar-refractivity contribution in [3.8, 4) is 0 Å². The summed E-state index contributed by atoms with van der Waals surface area (Å²) in [5, 5.41) is 15.1. The molecule has 0 radical (unpaired) electrons. The van der Waals surface area contributed by atoms with Gasteiger partial charge in [0.25, 0.3) is 5.91 Å². The van der Waals surface area contributed by atoms with E-state index in [1.807, 2.05) is 62.4 Å². The number of fused-ring (bicyclic) bond motifs is 1. The van der Waals surface area contributed by atoms with E-state index in [0.29, 0.717) is 24.2 Å². The van der Waals surface area contributed by atoms with Gasteiger partial charge in [-0.25, -0.2) is 4.79 Å². The topological polar surface area (TPSA) is 116 Å². The molecule has 3 amide bonds. The lowest BCUT2D eigenvalue weighted by Crippen LogP contribution is -2.54. The van der Waals surface area contributed by atoms with Crippen LogP contribution in [-0.2, 0) is 27.2 Å². The Morgan fingerprint density at radius 2 is 1.62 bits per heavy atom. The van der Waals surface area contributed by atoms with E-state index in [1.165, 1.54) is 6.07 Å². The third-order valence-electron chi connectivity index (χ3n) is 7.13. The number of nitrogens with one attached hydrogen (secondary N) is 2. The maximum absolute atomic E-state index is 13.5. The smallest absolute Gasteiger partial charge is 0.326 e. The highest BCUT2D eigenvalue weighted by Crippen LogP contribution is 2.36. The summed E-state index contributed by atoms with van der Waals surface area (Å²) in [6.45, 7) is 3.91. The number of nitrogens with zero attached hydrogens (tertiary/aromatic N) is 1. The first-order valence-electron chi connectivity index (χ1n) is 13.2. The van der Waals surface area contributed by atoms with E-state index in [-0.39, 0.29) is 36.1 Å². The second-order valence-electron chi connectivity index (χ2n) is 9.85. The van der Waals surface area contributed by atoms with Crippen LogP contribution >= 0.6 is 0 Å². The van der Waals surface area contributed by atoms with Crippen molar-refractivity contribution in [2.45, 2.75) is 51.6 Å². The van der Waals surface area contributed by atoms with Crippen molar-refractivity contribution in [1.82, 2.24) is 5.32 Å². The van der Waals surface area contributed by atoms with Crippen LogP contribution in [-0.4, -0.2) is 40.9 Å². The average Bonchev–Trinajstić information content (AvgIpc) is 2.95. The predicted octanol–water partition coefficient (Wildman–Crippen LogP) is 4.44. The molecule has 3 atom stereocenters. The molecule has 0 aliphatic carbocycles. The first kappa shape index (κ1) is 27.6. The highest BCUT2D eigenvalue weighted by Gasteiger charge is 2.39. The van der Waals surface area contributed by atoms with Gasteiger partial charge in [0.2, 0.25) is 11.8 Å². The first-order chi connectivity index (χ1) is 18.8. The van der Waals surface area contributed by atoms with E-state index in [9.17, 15) is 24.3 Å². The number of aliphatic carboxylic acids is 1. The molecule has 3 unspecified atom stereocenters. The highest BCUT2D eigenvalue weighted by atomic mass is 16.4. The Morgan fingerprint density at radius 1 is 0.974 bits per heavy atom. The molecule has 8 heteroatoms. The van der Waals surface area contributed by atoms with Crippen molar-refractivity contribution in [3.63, 3.8) is 0 Å². The Labute approximate surface area is 228 Å². The van der Waals surface area contributed by atoms with E-state index < -0.39 is 24.0 Å². The normalized spacial score (nSPS) is 16.0. The second-order valence-corrected chi connectivity index (χ2v) is 9.85. The minimum atomic E-state index is -1.15. The maximum Gasteiger partial charge on any atom is 0.326 e. The van der Waals surface area contributed by atoms with E-state index in [1.54, 1.807) is 29.2 Å². The van der Waals surface area contributed by atoms with Crippen LogP contribution in [0.3, 0.4) is 0 Å². The standard InChI is InChI=1S/C31H33N3O5/c1-3-20(2)28-30(37)32-24-19-23(29(36)33-25(31(38)39)18-22-12-8-5-9-13-22)15-16-26(24)34(28)27(35)17-14-21-10-6-4-7-11-21/h4-13,15-16,19-20,25,28H,3,14,17-18H2,1-2H3,(H,32,37)(H,33,36)(H,38,39). The molecule has 3 N–H and O–H groups in total. The van der Waals surface area contributed by atoms with Crippen LogP contribution in [0.4, 0.5) is 11.4 Å². The van der Waals surface area contributed by atoms with Crippen molar-refractivity contribution >= 4 is 35.1 Å². The molecule has 4 rings (SSSR count). The van der Waals surface area contributed by atoms with Crippen LogP contribution in [0.5, 0.6) is 0 Å². The summed E-state index contributed by atoms with van der Waals surface area (Å²) in [7, 11) is 0. The van der Waals surface area contributed by atoms with Crippen LogP contribution in [0.1, 0.15) is 48.2 Å². The summed E-state index contributed by atoms with van der Waals surface area (Å²) >= 11 is 0. The third kappa shape index (κ3) is 6.52. The molecule has 0 saturated carbocycles. The van der Waals surface area contributed by atoms with Gasteiger partial charge < -0.3 is 15.7 Å². The van der Waals surface area contributed by atoms with Crippen LogP contribution < -0.4 is 15.5 Å². The fourth-order valence-electron chi connectivity index (χ4n) is 4.79. The van der Waals surface area contributed by atoms with Crippen molar-refractivity contribution in [2.24, 2.45) is 5.92 Å². The molecule has 3 aromatic rings. The molecule has 0 spiro atoms. The number of aryl methyl sites for hydroxylation is 1. The molecule has 1 aliphatic rings. The van der Waals surface area contributed by atoms with Gasteiger partial charge in [0.1, 0.15) is 12.1 Å². The number of carboxylic acid groups (broad SMARTS) is 1. The van der Waals surface area contributed by atoms with Crippen LogP contribution in [0.25, 0.3) is 0 Å². The Morgan fingerprint density at radius 3 is 2.23 bits per heavy atom. The van der Waals surface area contributed by atoms with Crippen LogP contribution in [0.2, 0.25) is 0 Å². The Bertz CT molecular complexity index is 1340. The lowest BCUT2D eigenvalue weighted by atomic mass is 9.92.